The zero-order valence-electron chi connectivity index (χ0n) is 33.0. The molecule has 0 bridgehead atoms. The molecule has 8 aromatic carbocycles. The summed E-state index contributed by atoms with van der Waals surface area (Å²) in [7, 11) is 0. The molecule has 0 N–H and O–H groups in total. The van der Waals surface area contributed by atoms with Gasteiger partial charge in [0.05, 0.1) is 38.9 Å². The molecular weight excluding hydrogens is 733 g/mol. The Bertz CT molecular complexity index is 3580. The molecule has 1 aliphatic rings. The van der Waals surface area contributed by atoms with Gasteiger partial charge in [-0.1, -0.05) is 134 Å². The minimum absolute atomic E-state index is 0.700. The van der Waals surface area contributed by atoms with E-state index in [4.69, 9.17) is 14.4 Å². The summed E-state index contributed by atoms with van der Waals surface area (Å²) in [5.74, 6) is 0.727. The molecule has 0 saturated carbocycles. The van der Waals surface area contributed by atoms with Crippen LogP contribution in [0.25, 0.3) is 82.6 Å². The van der Waals surface area contributed by atoms with E-state index >= 15 is 0 Å². The monoisotopic (exact) mass is 770 g/mol. The molecular formula is C55H38N4O. The summed E-state index contributed by atoms with van der Waals surface area (Å²) < 4.78 is 11.5. The maximum absolute atomic E-state index is 6.72. The van der Waals surface area contributed by atoms with Gasteiger partial charge in [-0.15, -0.1) is 0 Å². The summed E-state index contributed by atoms with van der Waals surface area (Å²) in [6.45, 7) is 2.22. The zero-order chi connectivity index (χ0) is 39.7. The first-order chi connectivity index (χ1) is 29.7. The number of benzene rings is 8. The number of aromatic nitrogens is 2. The van der Waals surface area contributed by atoms with Gasteiger partial charge in [-0.25, -0.2) is 9.98 Å². The quantitative estimate of drug-likeness (QED) is 0.166. The summed E-state index contributed by atoms with van der Waals surface area (Å²) in [5.41, 5.74) is 15.0. The van der Waals surface area contributed by atoms with E-state index in [1.807, 2.05) is 12.1 Å². The molecule has 0 atom stereocenters. The van der Waals surface area contributed by atoms with Crippen LogP contribution in [0.3, 0.4) is 0 Å². The highest BCUT2D eigenvalue weighted by Crippen LogP contribution is 2.44. The van der Waals surface area contributed by atoms with Crippen LogP contribution >= 0.6 is 0 Å². The van der Waals surface area contributed by atoms with Crippen LogP contribution in [0.15, 0.2) is 208 Å². The van der Waals surface area contributed by atoms with E-state index in [0.29, 0.717) is 6.42 Å². The van der Waals surface area contributed by atoms with Gasteiger partial charge < -0.3 is 13.6 Å². The van der Waals surface area contributed by atoms with Crippen molar-refractivity contribution in [3.63, 3.8) is 0 Å². The molecule has 1 aliphatic heterocycles. The summed E-state index contributed by atoms with van der Waals surface area (Å²) in [6, 6.07) is 66.8. The van der Waals surface area contributed by atoms with Crippen molar-refractivity contribution in [1.82, 2.24) is 9.13 Å². The second kappa shape index (κ2) is 13.7. The van der Waals surface area contributed by atoms with E-state index in [2.05, 4.69) is 192 Å². The van der Waals surface area contributed by atoms with Crippen LogP contribution in [0, 0.1) is 0 Å². The van der Waals surface area contributed by atoms with Crippen molar-refractivity contribution in [2.75, 3.05) is 0 Å². The first-order valence-electron chi connectivity index (χ1n) is 20.7. The largest absolute Gasteiger partial charge is 0.455 e. The molecule has 0 spiro atoms. The van der Waals surface area contributed by atoms with Gasteiger partial charge in [0, 0.05) is 55.9 Å². The van der Waals surface area contributed by atoms with Crippen LogP contribution in [-0.2, 0) is 0 Å². The van der Waals surface area contributed by atoms with Crippen LogP contribution in [0.5, 0.6) is 0 Å². The lowest BCUT2D eigenvalue weighted by atomic mass is 9.96. The number of hydrogen-bond acceptors (Lipinski definition) is 3. The molecule has 0 radical (unpaired) electrons. The molecule has 0 saturated heterocycles. The topological polar surface area (TPSA) is 47.7 Å². The number of aliphatic imine (C=N–C) groups is 2. The normalized spacial score (nSPS) is 13.6. The molecule has 3 aromatic heterocycles. The zero-order valence-corrected chi connectivity index (χ0v) is 33.0. The van der Waals surface area contributed by atoms with Gasteiger partial charge in [0.15, 0.2) is 5.84 Å². The molecule has 284 valence electrons. The maximum Gasteiger partial charge on any atom is 0.160 e. The van der Waals surface area contributed by atoms with Gasteiger partial charge >= 0.3 is 0 Å². The average molecular weight is 771 g/mol. The number of allylic oxidation sites excluding steroid dienone is 1. The number of para-hydroxylation sites is 3. The number of amidine groups is 1. The molecule has 0 fully saturated rings. The molecule has 0 unspecified atom stereocenters. The van der Waals surface area contributed by atoms with E-state index in [0.717, 1.165) is 107 Å². The average Bonchev–Trinajstić information content (AvgIpc) is 3.91. The van der Waals surface area contributed by atoms with Gasteiger partial charge in [-0.3, -0.25) is 0 Å². The van der Waals surface area contributed by atoms with Crippen molar-refractivity contribution in [3.8, 4) is 11.4 Å². The summed E-state index contributed by atoms with van der Waals surface area (Å²) >= 11 is 0. The third-order valence-corrected chi connectivity index (χ3v) is 12.2. The van der Waals surface area contributed by atoms with E-state index < -0.39 is 0 Å². The van der Waals surface area contributed by atoms with Crippen molar-refractivity contribution >= 4 is 82.8 Å². The van der Waals surface area contributed by atoms with Crippen molar-refractivity contribution in [2.45, 2.75) is 19.8 Å². The summed E-state index contributed by atoms with van der Waals surface area (Å²) in [5, 5.41) is 6.94. The van der Waals surface area contributed by atoms with Crippen molar-refractivity contribution < 1.29 is 4.42 Å². The van der Waals surface area contributed by atoms with E-state index in [1.165, 1.54) is 16.3 Å². The van der Waals surface area contributed by atoms with Crippen molar-refractivity contribution in [2.24, 2.45) is 9.98 Å². The van der Waals surface area contributed by atoms with Gasteiger partial charge in [-0.05, 0) is 78.2 Å². The molecule has 0 aliphatic carbocycles. The minimum Gasteiger partial charge on any atom is -0.455 e. The highest BCUT2D eigenvalue weighted by Gasteiger charge is 2.23. The molecule has 60 heavy (non-hydrogen) atoms. The third-order valence-electron chi connectivity index (χ3n) is 12.2. The van der Waals surface area contributed by atoms with Crippen LogP contribution in [0.1, 0.15) is 36.5 Å². The Morgan fingerprint density at radius 1 is 0.467 bits per heavy atom. The fourth-order valence-electron chi connectivity index (χ4n) is 9.41. The van der Waals surface area contributed by atoms with E-state index in [9.17, 15) is 0 Å². The van der Waals surface area contributed by atoms with Gasteiger partial charge in [0.25, 0.3) is 0 Å². The predicted molar refractivity (Wildman–Crippen MR) is 250 cm³/mol. The van der Waals surface area contributed by atoms with Gasteiger partial charge in [0.1, 0.15) is 11.2 Å². The second-order valence-electron chi connectivity index (χ2n) is 15.6. The number of fused-ring (bicyclic) bond motifs is 10. The molecule has 12 rings (SSSR count). The van der Waals surface area contributed by atoms with Crippen LogP contribution in [-0.4, -0.2) is 20.7 Å². The highest BCUT2D eigenvalue weighted by atomic mass is 16.3. The van der Waals surface area contributed by atoms with Crippen LogP contribution in [0.2, 0.25) is 0 Å². The Morgan fingerprint density at radius 3 is 1.92 bits per heavy atom. The number of nitrogens with zero attached hydrogens (tertiary/aromatic N) is 4. The maximum atomic E-state index is 6.72. The SMILES string of the molecule is CCC1=C(c2ccccc2)N=C(c2ccccc2)N=C(c2cccc(-n3c4ccccc4c4cc5c6c7oc8ccccc8c7ccc6n(-c6ccccc6)c5cc43)c2)C1. The molecule has 4 heterocycles. The lowest BCUT2D eigenvalue weighted by molar-refractivity contribution is 0.673. The van der Waals surface area contributed by atoms with E-state index in [1.54, 1.807) is 0 Å². The summed E-state index contributed by atoms with van der Waals surface area (Å²) in [6.07, 6.45) is 1.57. The standard InChI is InChI=1S/C55H38N4O/c1-2-35-32-46(56-55(37-19-8-4-9-20-37)57-53(35)36-17-6-3-7-18-36)38-21-16-24-40(31-38)59-47-27-14-12-25-41(47)44-33-45-50(34-49(44)59)58(39-22-10-5-11-23-39)48-30-29-43-42-26-13-15-28-51(42)60-54(43)52(45)48/h3-31,33-34H,2,32H2,1H3. The minimum atomic E-state index is 0.700. The molecule has 5 heteroatoms. The van der Waals surface area contributed by atoms with Gasteiger partial charge in [-0.2, -0.15) is 0 Å². The lowest BCUT2D eigenvalue weighted by Crippen LogP contribution is -2.07. The Balaban J connectivity index is 1.10. The molecule has 5 nitrogen and oxygen atoms in total. The number of hydrogen-bond donors (Lipinski definition) is 0. The second-order valence-corrected chi connectivity index (χ2v) is 15.6. The Kier molecular flexibility index (Phi) is 7.82. The first-order valence-corrected chi connectivity index (χ1v) is 20.7. The smallest absolute Gasteiger partial charge is 0.160 e. The molecule has 0 amide bonds. The molecule has 11 aromatic rings. The fourth-order valence-corrected chi connectivity index (χ4v) is 9.41. The van der Waals surface area contributed by atoms with Crippen LogP contribution in [0.4, 0.5) is 0 Å². The number of rotatable bonds is 6. The number of furan rings is 1. The van der Waals surface area contributed by atoms with Crippen molar-refractivity contribution in [3.05, 3.63) is 210 Å². The van der Waals surface area contributed by atoms with Crippen molar-refractivity contribution in [1.29, 1.82) is 0 Å². The Labute approximate surface area is 346 Å². The Hall–Kier alpha value is -7.76. The first kappa shape index (κ1) is 34.3. The Morgan fingerprint density at radius 2 is 1.12 bits per heavy atom. The highest BCUT2D eigenvalue weighted by molar-refractivity contribution is 6.27. The fraction of sp³-hybridized carbons (Fsp3) is 0.0545. The lowest BCUT2D eigenvalue weighted by Gasteiger charge is -2.13. The van der Waals surface area contributed by atoms with Gasteiger partial charge in [0.2, 0.25) is 0 Å². The van der Waals surface area contributed by atoms with Crippen LogP contribution < -0.4 is 0 Å². The van der Waals surface area contributed by atoms with E-state index in [-0.39, 0.29) is 0 Å². The predicted octanol–water partition coefficient (Wildman–Crippen LogP) is 14.2. The third kappa shape index (κ3) is 5.33. The summed E-state index contributed by atoms with van der Waals surface area (Å²) in [4.78, 5) is 10.7.